The normalized spacial score (nSPS) is 23.7. The molecule has 1 aromatic heterocycles. The molecule has 2 nitrogen and oxygen atoms in total. The van der Waals surface area contributed by atoms with Crippen LogP contribution < -0.4 is 10.5 Å². The van der Waals surface area contributed by atoms with Gasteiger partial charge in [-0.15, -0.1) is 11.3 Å². The Morgan fingerprint density at radius 1 is 1.57 bits per heavy atom. The Balaban J connectivity index is 2.05. The van der Waals surface area contributed by atoms with Crippen molar-refractivity contribution in [3.8, 4) is 5.06 Å². The van der Waals surface area contributed by atoms with Crippen molar-refractivity contribution in [2.75, 3.05) is 12.9 Å². The van der Waals surface area contributed by atoms with Crippen molar-refractivity contribution in [1.29, 1.82) is 0 Å². The van der Waals surface area contributed by atoms with E-state index in [2.05, 4.69) is 6.07 Å². The van der Waals surface area contributed by atoms with Crippen LogP contribution in [0.3, 0.4) is 0 Å². The molecule has 14 heavy (non-hydrogen) atoms. The first-order valence-electron chi connectivity index (χ1n) is 4.82. The Labute approximate surface area is 92.8 Å². The van der Waals surface area contributed by atoms with E-state index in [0.29, 0.717) is 5.25 Å². The molecule has 2 heterocycles. The van der Waals surface area contributed by atoms with E-state index in [1.165, 1.54) is 23.5 Å². The number of rotatable bonds is 3. The summed E-state index contributed by atoms with van der Waals surface area (Å²) in [6.07, 6.45) is 2.57. The molecular weight excluding hydrogens is 214 g/mol. The maximum atomic E-state index is 6.20. The summed E-state index contributed by atoms with van der Waals surface area (Å²) in [7, 11) is 1.70. The number of thiophene rings is 1. The van der Waals surface area contributed by atoms with Crippen molar-refractivity contribution < 1.29 is 4.74 Å². The van der Waals surface area contributed by atoms with Gasteiger partial charge >= 0.3 is 0 Å². The first kappa shape index (κ1) is 10.3. The molecule has 2 N–H and O–H groups in total. The summed E-state index contributed by atoms with van der Waals surface area (Å²) < 4.78 is 5.16. The molecule has 1 fully saturated rings. The van der Waals surface area contributed by atoms with Crippen LogP contribution in [0.2, 0.25) is 0 Å². The van der Waals surface area contributed by atoms with Crippen molar-refractivity contribution in [2.24, 2.45) is 5.73 Å². The van der Waals surface area contributed by atoms with Gasteiger partial charge in [-0.3, -0.25) is 0 Å². The van der Waals surface area contributed by atoms with Crippen LogP contribution in [-0.2, 0) is 0 Å². The lowest BCUT2D eigenvalue weighted by Gasteiger charge is -2.16. The van der Waals surface area contributed by atoms with E-state index in [1.54, 1.807) is 18.4 Å². The van der Waals surface area contributed by atoms with Crippen molar-refractivity contribution in [3.05, 3.63) is 17.0 Å². The van der Waals surface area contributed by atoms with Crippen molar-refractivity contribution >= 4 is 23.1 Å². The predicted octanol–water partition coefficient (Wildman–Crippen LogP) is 2.65. The van der Waals surface area contributed by atoms with Crippen molar-refractivity contribution in [1.82, 2.24) is 0 Å². The summed E-state index contributed by atoms with van der Waals surface area (Å²) in [5, 5.41) is 1.57. The van der Waals surface area contributed by atoms with Crippen LogP contribution in [-0.4, -0.2) is 18.1 Å². The molecule has 0 bridgehead atoms. The highest BCUT2D eigenvalue weighted by atomic mass is 32.2. The van der Waals surface area contributed by atoms with Crippen LogP contribution >= 0.6 is 23.1 Å². The van der Waals surface area contributed by atoms with Gasteiger partial charge in [0, 0.05) is 10.1 Å². The van der Waals surface area contributed by atoms with Gasteiger partial charge in [0.25, 0.3) is 0 Å². The molecule has 2 rings (SSSR count). The summed E-state index contributed by atoms with van der Waals surface area (Å²) in [5.41, 5.74) is 6.20. The van der Waals surface area contributed by atoms with Crippen molar-refractivity contribution in [3.63, 3.8) is 0 Å². The van der Waals surface area contributed by atoms with E-state index in [4.69, 9.17) is 10.5 Å². The van der Waals surface area contributed by atoms with Gasteiger partial charge in [0.1, 0.15) is 0 Å². The van der Waals surface area contributed by atoms with E-state index in [9.17, 15) is 0 Å². The molecule has 4 heteroatoms. The number of hydrogen-bond donors (Lipinski definition) is 1. The fourth-order valence-electron chi connectivity index (χ4n) is 1.69. The van der Waals surface area contributed by atoms with Gasteiger partial charge in [0.2, 0.25) is 0 Å². The Morgan fingerprint density at radius 3 is 3.00 bits per heavy atom. The van der Waals surface area contributed by atoms with Gasteiger partial charge < -0.3 is 10.5 Å². The summed E-state index contributed by atoms with van der Waals surface area (Å²) >= 11 is 3.67. The molecule has 0 aliphatic carbocycles. The summed E-state index contributed by atoms with van der Waals surface area (Å²) in [6, 6.07) is 4.28. The second-order valence-electron chi connectivity index (χ2n) is 3.44. The van der Waals surface area contributed by atoms with Gasteiger partial charge in [-0.25, -0.2) is 0 Å². The molecule has 2 atom stereocenters. The van der Waals surface area contributed by atoms with Crippen LogP contribution in [0.5, 0.6) is 5.06 Å². The SMILES string of the molecule is COc1ccc(C(N)C2CCCS2)s1. The molecule has 0 saturated carbocycles. The number of methoxy groups -OCH3 is 1. The standard InChI is InChI=1S/C10H15NOS2/c1-12-9-5-4-8(14-9)10(11)7-3-2-6-13-7/h4-5,7,10H,2-3,6,11H2,1H3. The minimum Gasteiger partial charge on any atom is -0.487 e. The Morgan fingerprint density at radius 2 is 2.43 bits per heavy atom. The second-order valence-corrected chi connectivity index (χ2v) is 5.86. The predicted molar refractivity (Wildman–Crippen MR) is 63.3 cm³/mol. The Hall–Kier alpha value is -0.190. The smallest absolute Gasteiger partial charge is 0.173 e. The fourth-order valence-corrected chi connectivity index (χ4v) is 3.99. The molecule has 78 valence electrons. The highest BCUT2D eigenvalue weighted by molar-refractivity contribution is 8.00. The lowest BCUT2D eigenvalue weighted by Crippen LogP contribution is -2.20. The fraction of sp³-hybridized carbons (Fsp3) is 0.600. The Bertz CT molecular complexity index is 294. The first-order valence-corrected chi connectivity index (χ1v) is 6.68. The molecular formula is C10H15NOS2. The lowest BCUT2D eigenvalue weighted by molar-refractivity contribution is 0.427. The second kappa shape index (κ2) is 4.55. The van der Waals surface area contributed by atoms with Gasteiger partial charge in [0.15, 0.2) is 5.06 Å². The van der Waals surface area contributed by atoms with E-state index < -0.39 is 0 Å². The quantitative estimate of drug-likeness (QED) is 0.865. The number of nitrogens with two attached hydrogens (primary N) is 1. The lowest BCUT2D eigenvalue weighted by atomic mass is 10.1. The molecule has 0 spiro atoms. The molecule has 1 aliphatic heterocycles. The maximum absolute atomic E-state index is 6.20. The van der Waals surface area contributed by atoms with E-state index >= 15 is 0 Å². The minimum atomic E-state index is 0.191. The molecule has 0 aromatic carbocycles. The maximum Gasteiger partial charge on any atom is 0.173 e. The zero-order valence-electron chi connectivity index (χ0n) is 8.23. The molecule has 0 radical (unpaired) electrons. The van der Waals surface area contributed by atoms with Gasteiger partial charge in [-0.05, 0) is 30.7 Å². The molecule has 1 aromatic rings. The van der Waals surface area contributed by atoms with Crippen molar-refractivity contribution in [2.45, 2.75) is 24.1 Å². The van der Waals surface area contributed by atoms with Crippen LogP contribution in [0, 0.1) is 0 Å². The summed E-state index contributed by atoms with van der Waals surface area (Å²) in [4.78, 5) is 1.25. The third kappa shape index (κ3) is 2.07. The van der Waals surface area contributed by atoms with Gasteiger partial charge in [-0.2, -0.15) is 11.8 Å². The molecule has 1 aliphatic rings. The van der Waals surface area contributed by atoms with Gasteiger partial charge in [-0.1, -0.05) is 0 Å². The zero-order chi connectivity index (χ0) is 9.97. The van der Waals surface area contributed by atoms with Crippen LogP contribution in [0.4, 0.5) is 0 Å². The topological polar surface area (TPSA) is 35.2 Å². The largest absolute Gasteiger partial charge is 0.487 e. The summed E-state index contributed by atoms with van der Waals surface area (Å²) in [5.74, 6) is 1.26. The number of hydrogen-bond acceptors (Lipinski definition) is 4. The van der Waals surface area contributed by atoms with Crippen LogP contribution in [0.15, 0.2) is 12.1 Å². The zero-order valence-corrected chi connectivity index (χ0v) is 9.87. The monoisotopic (exact) mass is 229 g/mol. The van der Waals surface area contributed by atoms with Crippen LogP contribution in [0.1, 0.15) is 23.8 Å². The van der Waals surface area contributed by atoms with E-state index in [-0.39, 0.29) is 6.04 Å². The molecule has 0 amide bonds. The van der Waals surface area contributed by atoms with E-state index in [1.807, 2.05) is 17.8 Å². The highest BCUT2D eigenvalue weighted by Crippen LogP contribution is 2.38. The average Bonchev–Trinajstić information content (AvgIpc) is 2.88. The number of thioether (sulfide) groups is 1. The third-order valence-corrected chi connectivity index (χ3v) is 5.13. The van der Waals surface area contributed by atoms with Crippen LogP contribution in [0.25, 0.3) is 0 Å². The Kier molecular flexibility index (Phi) is 3.36. The average molecular weight is 229 g/mol. The first-order chi connectivity index (χ1) is 6.81. The minimum absolute atomic E-state index is 0.191. The number of ether oxygens (including phenoxy) is 1. The van der Waals surface area contributed by atoms with Gasteiger partial charge in [0.05, 0.1) is 13.2 Å². The highest BCUT2D eigenvalue weighted by Gasteiger charge is 2.24. The third-order valence-electron chi connectivity index (χ3n) is 2.50. The molecule has 2 unspecified atom stereocenters. The van der Waals surface area contributed by atoms with E-state index in [0.717, 1.165) is 5.06 Å². The summed E-state index contributed by atoms with van der Waals surface area (Å²) in [6.45, 7) is 0. The molecule has 1 saturated heterocycles.